The molecule has 2 aliphatic heterocycles. The highest BCUT2D eigenvalue weighted by Crippen LogP contribution is 2.47. The van der Waals surface area contributed by atoms with Gasteiger partial charge in [-0.15, -0.1) is 11.3 Å². The summed E-state index contributed by atoms with van der Waals surface area (Å²) in [5.74, 6) is -0.516. The van der Waals surface area contributed by atoms with Crippen molar-refractivity contribution in [1.29, 1.82) is 5.26 Å². The molecule has 1 aromatic carbocycles. The van der Waals surface area contributed by atoms with Crippen LogP contribution in [0.3, 0.4) is 0 Å². The Bertz CT molecular complexity index is 1630. The maximum Gasteiger partial charge on any atom is 0.225 e. The summed E-state index contributed by atoms with van der Waals surface area (Å²) < 4.78 is 37.5. The zero-order valence-corrected chi connectivity index (χ0v) is 31.0. The van der Waals surface area contributed by atoms with Gasteiger partial charge in [0.15, 0.2) is 5.82 Å². The maximum atomic E-state index is 16.7. The van der Waals surface area contributed by atoms with Gasteiger partial charge in [-0.1, -0.05) is 59.1 Å². The number of nitrogen functional groups attached to an aromatic ring is 1. The highest BCUT2D eigenvalue weighted by atomic mass is 32.1. The Morgan fingerprint density at radius 3 is 2.40 bits per heavy atom. The molecule has 10 heteroatoms. The SMILES string of the molecule is C/C=C(/F)c1sc(N)c(C#N)c1/C(=C(\C)CC)c1c2c(c3cnc(N4CCCC4)nc3c1F)COC2.CC.CCCCCN(C)CCC. The Hall–Kier alpha value is -3.39. The molecular formula is C38H54F2N6OS. The van der Waals surface area contributed by atoms with Crippen LogP contribution in [0, 0.1) is 17.1 Å². The number of nitrogens with zero attached hydrogens (tertiary/aromatic N) is 5. The first-order valence-electron chi connectivity index (χ1n) is 17.6. The van der Waals surface area contributed by atoms with Crippen LogP contribution in [-0.2, 0) is 18.0 Å². The molecule has 2 aromatic heterocycles. The number of aromatic nitrogens is 2. The first kappa shape index (κ1) is 39.1. The molecule has 2 aliphatic rings. The van der Waals surface area contributed by atoms with E-state index in [4.69, 9.17) is 10.5 Å². The number of nitriles is 1. The van der Waals surface area contributed by atoms with Crippen molar-refractivity contribution in [2.24, 2.45) is 0 Å². The number of hydrogen-bond donors (Lipinski definition) is 1. The molecule has 0 atom stereocenters. The minimum atomic E-state index is -0.514. The lowest BCUT2D eigenvalue weighted by atomic mass is 9.85. The first-order chi connectivity index (χ1) is 23.2. The van der Waals surface area contributed by atoms with Crippen molar-refractivity contribution in [1.82, 2.24) is 14.9 Å². The van der Waals surface area contributed by atoms with Gasteiger partial charge in [-0.3, -0.25) is 0 Å². The molecule has 1 fully saturated rings. The van der Waals surface area contributed by atoms with Crippen LogP contribution in [0.1, 0.15) is 126 Å². The molecule has 0 aliphatic carbocycles. The molecule has 0 saturated carbocycles. The average molecular weight is 681 g/mol. The van der Waals surface area contributed by atoms with Crippen LogP contribution in [0.4, 0.5) is 19.7 Å². The van der Waals surface area contributed by atoms with Crippen molar-refractivity contribution in [2.45, 2.75) is 107 Å². The van der Waals surface area contributed by atoms with E-state index in [0.29, 0.717) is 46.6 Å². The monoisotopic (exact) mass is 680 g/mol. The number of ether oxygens (including phenoxy) is 1. The third-order valence-corrected chi connectivity index (χ3v) is 9.83. The second kappa shape index (κ2) is 19.0. The van der Waals surface area contributed by atoms with Crippen LogP contribution < -0.4 is 10.6 Å². The number of anilines is 2. The summed E-state index contributed by atoms with van der Waals surface area (Å²) in [4.78, 5) is 13.9. The zero-order valence-electron chi connectivity index (χ0n) is 30.2. The number of thiophene rings is 1. The van der Waals surface area contributed by atoms with Crippen molar-refractivity contribution < 1.29 is 13.5 Å². The molecule has 3 aromatic rings. The molecule has 7 nitrogen and oxygen atoms in total. The van der Waals surface area contributed by atoms with Crippen molar-refractivity contribution >= 4 is 44.6 Å². The predicted molar refractivity (Wildman–Crippen MR) is 198 cm³/mol. The number of halogens is 2. The quantitative estimate of drug-likeness (QED) is 0.202. The number of allylic oxidation sites excluding steroid dienone is 2. The first-order valence-corrected chi connectivity index (χ1v) is 18.4. The van der Waals surface area contributed by atoms with Crippen molar-refractivity contribution in [2.75, 3.05) is 43.9 Å². The van der Waals surface area contributed by atoms with Gasteiger partial charge in [-0.2, -0.15) is 5.26 Å². The van der Waals surface area contributed by atoms with Gasteiger partial charge in [0.25, 0.3) is 0 Å². The summed E-state index contributed by atoms with van der Waals surface area (Å²) >= 11 is 1.00. The van der Waals surface area contributed by atoms with Gasteiger partial charge in [0.05, 0.1) is 23.7 Å². The number of fused-ring (bicyclic) bond motifs is 3. The third kappa shape index (κ3) is 8.60. The summed E-state index contributed by atoms with van der Waals surface area (Å²) in [6.45, 7) is 18.6. The molecule has 262 valence electrons. The van der Waals surface area contributed by atoms with E-state index in [1.165, 1.54) is 44.8 Å². The Morgan fingerprint density at radius 1 is 1.10 bits per heavy atom. The fraction of sp³-hybridized carbons (Fsp3) is 0.553. The lowest BCUT2D eigenvalue weighted by molar-refractivity contribution is 0.134. The molecule has 0 bridgehead atoms. The molecule has 0 radical (unpaired) electrons. The summed E-state index contributed by atoms with van der Waals surface area (Å²) in [6.07, 6.45) is 11.0. The minimum absolute atomic E-state index is 0.155. The fourth-order valence-electron chi connectivity index (χ4n) is 6.19. The largest absolute Gasteiger partial charge is 0.389 e. The van der Waals surface area contributed by atoms with Crippen LogP contribution in [-0.4, -0.2) is 48.1 Å². The Balaban J connectivity index is 0.000000449. The molecule has 0 amide bonds. The molecular weight excluding hydrogens is 627 g/mol. The second-order valence-electron chi connectivity index (χ2n) is 12.1. The smallest absolute Gasteiger partial charge is 0.225 e. The normalized spacial score (nSPS) is 14.7. The lowest BCUT2D eigenvalue weighted by Gasteiger charge is -2.20. The fourth-order valence-corrected chi connectivity index (χ4v) is 7.18. The van der Waals surface area contributed by atoms with Crippen LogP contribution in [0.2, 0.25) is 0 Å². The summed E-state index contributed by atoms with van der Waals surface area (Å²) in [5.41, 5.74) is 9.97. The third-order valence-electron chi connectivity index (χ3n) is 8.80. The molecule has 2 N–H and O–H groups in total. The molecule has 0 unspecified atom stereocenters. The number of unbranched alkanes of at least 4 members (excludes halogenated alkanes) is 2. The molecule has 1 saturated heterocycles. The number of benzene rings is 1. The van der Waals surface area contributed by atoms with E-state index in [0.717, 1.165) is 48.4 Å². The van der Waals surface area contributed by atoms with E-state index in [-0.39, 0.29) is 27.6 Å². The van der Waals surface area contributed by atoms with Crippen LogP contribution >= 0.6 is 11.3 Å². The highest BCUT2D eigenvalue weighted by molar-refractivity contribution is 7.17. The van der Waals surface area contributed by atoms with Crippen LogP contribution in [0.25, 0.3) is 22.3 Å². The summed E-state index contributed by atoms with van der Waals surface area (Å²) in [7, 11) is 2.21. The zero-order chi connectivity index (χ0) is 35.4. The van der Waals surface area contributed by atoms with Crippen molar-refractivity contribution in [3.63, 3.8) is 0 Å². The molecule has 5 rings (SSSR count). The Labute approximate surface area is 290 Å². The van der Waals surface area contributed by atoms with Gasteiger partial charge in [0, 0.05) is 35.8 Å². The highest BCUT2D eigenvalue weighted by Gasteiger charge is 2.32. The number of hydrogen-bond acceptors (Lipinski definition) is 8. The van der Waals surface area contributed by atoms with Crippen LogP contribution in [0.5, 0.6) is 0 Å². The van der Waals surface area contributed by atoms with E-state index in [9.17, 15) is 5.26 Å². The Kier molecular flexibility index (Phi) is 15.4. The molecule has 48 heavy (non-hydrogen) atoms. The van der Waals surface area contributed by atoms with Gasteiger partial charge >= 0.3 is 0 Å². The van der Waals surface area contributed by atoms with E-state index < -0.39 is 11.6 Å². The molecule has 0 spiro atoms. The van der Waals surface area contributed by atoms with E-state index in [1.807, 2.05) is 27.7 Å². The maximum absolute atomic E-state index is 16.7. The molecule has 4 heterocycles. The summed E-state index contributed by atoms with van der Waals surface area (Å²) in [5, 5.41) is 10.8. The topological polar surface area (TPSA) is 91.3 Å². The van der Waals surface area contributed by atoms with Crippen molar-refractivity contribution in [3.8, 4) is 6.07 Å². The lowest BCUT2D eigenvalue weighted by Crippen LogP contribution is -2.20. The van der Waals surface area contributed by atoms with Gasteiger partial charge < -0.3 is 20.3 Å². The average Bonchev–Trinajstić information content (AvgIpc) is 3.88. The number of nitrogens with two attached hydrogens (primary N) is 1. The summed E-state index contributed by atoms with van der Waals surface area (Å²) in [6, 6.07) is 2.13. The van der Waals surface area contributed by atoms with E-state index in [1.54, 1.807) is 13.1 Å². The van der Waals surface area contributed by atoms with E-state index in [2.05, 4.69) is 46.7 Å². The number of rotatable bonds is 11. The van der Waals surface area contributed by atoms with Gasteiger partial charge in [-0.05, 0) is 82.8 Å². The van der Waals surface area contributed by atoms with E-state index >= 15 is 8.78 Å². The van der Waals surface area contributed by atoms with Gasteiger partial charge in [0.1, 0.15) is 22.4 Å². The second-order valence-corrected chi connectivity index (χ2v) is 13.1. The van der Waals surface area contributed by atoms with Gasteiger partial charge in [0.2, 0.25) is 5.95 Å². The predicted octanol–water partition coefficient (Wildman–Crippen LogP) is 10.0. The van der Waals surface area contributed by atoms with Crippen LogP contribution in [0.15, 0.2) is 17.8 Å². The van der Waals surface area contributed by atoms with Crippen molar-refractivity contribution in [3.05, 3.63) is 56.4 Å². The minimum Gasteiger partial charge on any atom is -0.389 e. The van der Waals surface area contributed by atoms with Gasteiger partial charge in [-0.25, -0.2) is 18.7 Å². The Morgan fingerprint density at radius 2 is 1.79 bits per heavy atom. The standard InChI is InChI=1S/C27H27F2N5OS.C9H21N.C2H6/c1-4-14(3)20(22-15(10-30)26(31)36-25(22)19(28)5-2)21-18-13-35-12-17(18)16-11-32-27(33-24(16)23(21)29)34-8-6-7-9-34;1-4-6-7-9-10(3)8-5-2;1-2/h5,11H,4,6-9,12-13,31H2,1-3H3;4-9H2,1-3H3;1-2H3/b19-5+,20-14+;;.